The van der Waals surface area contributed by atoms with E-state index in [1.165, 1.54) is 18.2 Å². The lowest BCUT2D eigenvalue weighted by Gasteiger charge is -2.13. The van der Waals surface area contributed by atoms with Crippen molar-refractivity contribution in [2.24, 2.45) is 0 Å². The smallest absolute Gasteiger partial charge is 0.137 e. The van der Waals surface area contributed by atoms with Crippen LogP contribution in [-0.4, -0.2) is 5.11 Å². The van der Waals surface area contributed by atoms with E-state index in [-0.39, 0.29) is 0 Å². The first-order valence-electron chi connectivity index (χ1n) is 5.07. The summed E-state index contributed by atoms with van der Waals surface area (Å²) in [5.41, 5.74) is 0.919. The van der Waals surface area contributed by atoms with Gasteiger partial charge in [-0.1, -0.05) is 35.3 Å². The van der Waals surface area contributed by atoms with Crippen molar-refractivity contribution >= 4 is 39.1 Å². The zero-order valence-corrected chi connectivity index (χ0v) is 12.1. The van der Waals surface area contributed by atoms with Crippen molar-refractivity contribution in [1.82, 2.24) is 0 Å². The molecule has 2 aromatic carbocycles. The lowest BCUT2D eigenvalue weighted by molar-refractivity contribution is 0.220. The Morgan fingerprint density at radius 2 is 1.83 bits per heavy atom. The van der Waals surface area contributed by atoms with Crippen molar-refractivity contribution in [3.8, 4) is 0 Å². The van der Waals surface area contributed by atoms with E-state index >= 15 is 0 Å². The van der Waals surface area contributed by atoms with Gasteiger partial charge in [0.25, 0.3) is 0 Å². The molecule has 0 aliphatic rings. The van der Waals surface area contributed by atoms with Crippen LogP contribution in [0.5, 0.6) is 0 Å². The standard InChI is InChI=1S/C13H8BrCl2FO/c14-10-4-1-7(5-12(10)17)13(18)9-3-2-8(15)6-11(9)16/h1-6,13,18H. The Morgan fingerprint density at radius 3 is 2.44 bits per heavy atom. The maximum absolute atomic E-state index is 13.4. The van der Waals surface area contributed by atoms with Gasteiger partial charge in [-0.3, -0.25) is 0 Å². The van der Waals surface area contributed by atoms with Crippen LogP contribution in [0.1, 0.15) is 17.2 Å². The van der Waals surface area contributed by atoms with Gasteiger partial charge in [-0.2, -0.15) is 0 Å². The molecule has 1 unspecified atom stereocenters. The van der Waals surface area contributed by atoms with Gasteiger partial charge in [0.15, 0.2) is 0 Å². The number of aliphatic hydroxyl groups is 1. The third-order valence-corrected chi connectivity index (χ3v) is 3.72. The number of benzene rings is 2. The summed E-state index contributed by atoms with van der Waals surface area (Å²) in [6.07, 6.45) is -0.989. The van der Waals surface area contributed by atoms with E-state index in [1.807, 2.05) is 0 Å². The van der Waals surface area contributed by atoms with Crippen LogP contribution in [0, 0.1) is 5.82 Å². The Kier molecular flexibility index (Phi) is 4.28. The predicted molar refractivity (Wildman–Crippen MR) is 74.6 cm³/mol. The Bertz CT molecular complexity index is 589. The number of rotatable bonds is 2. The summed E-state index contributed by atoms with van der Waals surface area (Å²) in [4.78, 5) is 0. The Morgan fingerprint density at radius 1 is 1.11 bits per heavy atom. The highest BCUT2D eigenvalue weighted by Gasteiger charge is 2.15. The van der Waals surface area contributed by atoms with E-state index < -0.39 is 11.9 Å². The van der Waals surface area contributed by atoms with E-state index in [9.17, 15) is 9.50 Å². The van der Waals surface area contributed by atoms with E-state index in [1.54, 1.807) is 18.2 Å². The van der Waals surface area contributed by atoms with E-state index in [2.05, 4.69) is 15.9 Å². The third kappa shape index (κ3) is 2.86. The fourth-order valence-electron chi connectivity index (χ4n) is 1.59. The summed E-state index contributed by atoms with van der Waals surface area (Å²) in [5.74, 6) is -0.434. The van der Waals surface area contributed by atoms with Crippen LogP contribution >= 0.6 is 39.1 Å². The van der Waals surface area contributed by atoms with Crippen LogP contribution in [0.2, 0.25) is 10.0 Å². The topological polar surface area (TPSA) is 20.2 Å². The van der Waals surface area contributed by atoms with Gasteiger partial charge < -0.3 is 5.11 Å². The molecule has 1 atom stereocenters. The van der Waals surface area contributed by atoms with Crippen LogP contribution in [0.15, 0.2) is 40.9 Å². The molecule has 0 spiro atoms. The molecule has 0 heterocycles. The lowest BCUT2D eigenvalue weighted by atomic mass is 10.0. The van der Waals surface area contributed by atoms with Gasteiger partial charge in [-0.25, -0.2) is 4.39 Å². The first-order valence-corrected chi connectivity index (χ1v) is 6.62. The zero-order valence-electron chi connectivity index (χ0n) is 9.00. The minimum Gasteiger partial charge on any atom is -0.384 e. The number of hydrogen-bond donors (Lipinski definition) is 1. The first kappa shape index (κ1) is 13.8. The van der Waals surface area contributed by atoms with Crippen molar-refractivity contribution in [1.29, 1.82) is 0 Å². The highest BCUT2D eigenvalue weighted by molar-refractivity contribution is 9.10. The van der Waals surface area contributed by atoms with E-state index in [0.717, 1.165) is 0 Å². The molecule has 0 aromatic heterocycles. The molecule has 0 saturated heterocycles. The Balaban J connectivity index is 2.41. The maximum Gasteiger partial charge on any atom is 0.137 e. The summed E-state index contributed by atoms with van der Waals surface area (Å²) >= 11 is 14.8. The fourth-order valence-corrected chi connectivity index (χ4v) is 2.34. The lowest BCUT2D eigenvalue weighted by Crippen LogP contribution is -2.01. The molecule has 0 radical (unpaired) electrons. The van der Waals surface area contributed by atoms with Crippen molar-refractivity contribution in [3.63, 3.8) is 0 Å². The Labute approximate surface area is 122 Å². The molecule has 2 rings (SSSR count). The molecule has 2 aromatic rings. The molecule has 1 N–H and O–H groups in total. The van der Waals surface area contributed by atoms with Gasteiger partial charge in [-0.15, -0.1) is 0 Å². The average molecular weight is 350 g/mol. The molecule has 5 heteroatoms. The summed E-state index contributed by atoms with van der Waals surface area (Å²) in [7, 11) is 0. The van der Waals surface area contributed by atoms with Crippen LogP contribution in [0.4, 0.5) is 4.39 Å². The van der Waals surface area contributed by atoms with Gasteiger partial charge in [0.05, 0.1) is 4.47 Å². The van der Waals surface area contributed by atoms with Crippen molar-refractivity contribution in [3.05, 3.63) is 67.9 Å². The second kappa shape index (κ2) is 5.57. The van der Waals surface area contributed by atoms with Crippen molar-refractivity contribution < 1.29 is 9.50 Å². The summed E-state index contributed by atoms with van der Waals surface area (Å²) < 4.78 is 13.8. The molecule has 0 fully saturated rings. The van der Waals surface area contributed by atoms with E-state index in [0.29, 0.717) is 25.6 Å². The Hall–Kier alpha value is -0.610. The van der Waals surface area contributed by atoms with Crippen LogP contribution < -0.4 is 0 Å². The largest absolute Gasteiger partial charge is 0.384 e. The first-order chi connectivity index (χ1) is 8.49. The van der Waals surface area contributed by atoms with Gasteiger partial charge in [-0.05, 0) is 45.8 Å². The van der Waals surface area contributed by atoms with Gasteiger partial charge in [0.1, 0.15) is 11.9 Å². The molecular weight excluding hydrogens is 342 g/mol. The van der Waals surface area contributed by atoms with Crippen LogP contribution in [-0.2, 0) is 0 Å². The quantitative estimate of drug-likeness (QED) is 0.810. The summed E-state index contributed by atoms with van der Waals surface area (Å²) in [5, 5.41) is 11.0. The summed E-state index contributed by atoms with van der Waals surface area (Å²) in [6, 6.07) is 9.22. The fraction of sp³-hybridized carbons (Fsp3) is 0.0769. The highest BCUT2D eigenvalue weighted by Crippen LogP contribution is 2.31. The van der Waals surface area contributed by atoms with Crippen LogP contribution in [0.3, 0.4) is 0 Å². The molecule has 0 aliphatic heterocycles. The molecule has 0 bridgehead atoms. The molecule has 0 aliphatic carbocycles. The van der Waals surface area contributed by atoms with Gasteiger partial charge in [0.2, 0.25) is 0 Å². The minimum absolute atomic E-state index is 0.346. The molecule has 0 amide bonds. The number of aliphatic hydroxyl groups excluding tert-OH is 1. The number of halogens is 4. The van der Waals surface area contributed by atoms with Crippen molar-refractivity contribution in [2.45, 2.75) is 6.10 Å². The normalized spacial score (nSPS) is 12.5. The predicted octanol–water partition coefficient (Wildman–Crippen LogP) is 4.98. The van der Waals surface area contributed by atoms with Crippen molar-refractivity contribution in [2.75, 3.05) is 0 Å². The summed E-state index contributed by atoms with van der Waals surface area (Å²) in [6.45, 7) is 0. The maximum atomic E-state index is 13.4. The van der Waals surface area contributed by atoms with Gasteiger partial charge >= 0.3 is 0 Å². The minimum atomic E-state index is -0.989. The molecule has 94 valence electrons. The second-order valence-electron chi connectivity index (χ2n) is 3.74. The average Bonchev–Trinajstić information content (AvgIpc) is 2.32. The molecule has 18 heavy (non-hydrogen) atoms. The zero-order chi connectivity index (χ0) is 13.3. The third-order valence-electron chi connectivity index (χ3n) is 2.52. The monoisotopic (exact) mass is 348 g/mol. The highest BCUT2D eigenvalue weighted by atomic mass is 79.9. The molecule has 0 saturated carbocycles. The second-order valence-corrected chi connectivity index (χ2v) is 5.44. The SMILES string of the molecule is OC(c1ccc(Br)c(F)c1)c1ccc(Cl)cc1Cl. The number of hydrogen-bond acceptors (Lipinski definition) is 1. The van der Waals surface area contributed by atoms with E-state index in [4.69, 9.17) is 23.2 Å². The molecule has 1 nitrogen and oxygen atoms in total. The van der Waals surface area contributed by atoms with Gasteiger partial charge in [0, 0.05) is 15.6 Å². The van der Waals surface area contributed by atoms with Crippen LogP contribution in [0.25, 0.3) is 0 Å². The molecular formula is C13H8BrCl2FO.